The van der Waals surface area contributed by atoms with Gasteiger partial charge >= 0.3 is 6.18 Å². The third-order valence-electron chi connectivity index (χ3n) is 4.09. The lowest BCUT2D eigenvalue weighted by Gasteiger charge is -2.24. The Morgan fingerprint density at radius 1 is 1.32 bits per heavy atom. The Morgan fingerprint density at radius 2 is 2.14 bits per heavy atom. The van der Waals surface area contributed by atoms with E-state index < -0.39 is 11.7 Å². The van der Waals surface area contributed by atoms with Crippen LogP contribution in [0.3, 0.4) is 0 Å². The van der Waals surface area contributed by atoms with Gasteiger partial charge in [0, 0.05) is 25.9 Å². The highest BCUT2D eigenvalue weighted by Crippen LogP contribution is 2.34. The Balaban J connectivity index is 1.82. The van der Waals surface area contributed by atoms with Crippen molar-refractivity contribution in [1.82, 2.24) is 20.3 Å². The van der Waals surface area contributed by atoms with Crippen LogP contribution in [0.1, 0.15) is 24.1 Å². The number of hydrogen-bond acceptors (Lipinski definition) is 8. The van der Waals surface area contributed by atoms with Crippen molar-refractivity contribution in [3.05, 3.63) is 29.7 Å². The van der Waals surface area contributed by atoms with Crippen molar-refractivity contribution < 1.29 is 17.9 Å². The number of halogens is 3. The van der Waals surface area contributed by atoms with E-state index in [4.69, 9.17) is 4.74 Å². The Kier molecular flexibility index (Phi) is 5.79. The highest BCUT2D eigenvalue weighted by molar-refractivity contribution is 5.59. The second kappa shape index (κ2) is 8.26. The maximum absolute atomic E-state index is 13.0. The maximum atomic E-state index is 13.0. The summed E-state index contributed by atoms with van der Waals surface area (Å²) in [6.07, 6.45) is -0.778. The number of hydrogen-bond donors (Lipinski definition) is 3. The monoisotopic (exact) mass is 393 g/mol. The summed E-state index contributed by atoms with van der Waals surface area (Å²) in [7, 11) is 1.34. The molecular formula is C17H18F3N7O. The fraction of sp³-hybridized carbons (Fsp3) is 0.412. The minimum Gasteiger partial charge on any atom is -0.486 e. The largest absolute Gasteiger partial charge is 0.486 e. The standard InChI is InChI=1S/C17H18F3N7O/c1-22-15-12(17(18,19)20)9-25-16(27-15)26-10-5-14(13(6-21)24-7-10)28-11-3-2-4-23-8-11/h5,7,9,11,23H,2-4,8H2,1H3,(H2,22,25,26,27)/t11-/m0/s1. The first-order valence-corrected chi connectivity index (χ1v) is 8.57. The van der Waals surface area contributed by atoms with E-state index in [0.29, 0.717) is 24.2 Å². The highest BCUT2D eigenvalue weighted by Gasteiger charge is 2.35. The molecule has 1 aliphatic heterocycles. The van der Waals surface area contributed by atoms with Gasteiger partial charge in [0.2, 0.25) is 5.95 Å². The molecule has 0 radical (unpaired) electrons. The number of aromatic nitrogens is 3. The van der Waals surface area contributed by atoms with Gasteiger partial charge in [-0.05, 0) is 19.4 Å². The second-order valence-electron chi connectivity index (χ2n) is 6.10. The lowest BCUT2D eigenvalue weighted by atomic mass is 10.1. The molecule has 0 aliphatic carbocycles. The SMILES string of the molecule is CNc1nc(Nc2cnc(C#N)c(O[C@H]3CCCNC3)c2)ncc1C(F)(F)F. The summed E-state index contributed by atoms with van der Waals surface area (Å²) < 4.78 is 44.7. The lowest BCUT2D eigenvalue weighted by Crippen LogP contribution is -2.37. The zero-order chi connectivity index (χ0) is 20.1. The smallest absolute Gasteiger partial charge is 0.421 e. The van der Waals surface area contributed by atoms with Crippen molar-refractivity contribution in [2.75, 3.05) is 30.8 Å². The van der Waals surface area contributed by atoms with Crippen LogP contribution in [0.2, 0.25) is 0 Å². The van der Waals surface area contributed by atoms with Crippen LogP contribution in [0.5, 0.6) is 5.75 Å². The summed E-state index contributed by atoms with van der Waals surface area (Å²) in [4.78, 5) is 11.6. The van der Waals surface area contributed by atoms with Gasteiger partial charge in [-0.25, -0.2) is 9.97 Å². The number of pyridine rings is 1. The molecule has 2 aromatic rings. The average molecular weight is 393 g/mol. The van der Waals surface area contributed by atoms with Crippen LogP contribution in [0.15, 0.2) is 18.5 Å². The molecular weight excluding hydrogens is 375 g/mol. The molecule has 0 amide bonds. The van der Waals surface area contributed by atoms with Crippen LogP contribution in [0, 0.1) is 11.3 Å². The number of alkyl halides is 3. The Bertz CT molecular complexity index is 876. The summed E-state index contributed by atoms with van der Waals surface area (Å²) in [6.45, 7) is 1.58. The summed E-state index contributed by atoms with van der Waals surface area (Å²) in [5.74, 6) is -0.104. The van der Waals surface area contributed by atoms with E-state index in [1.165, 1.54) is 13.2 Å². The molecule has 0 saturated carbocycles. The molecule has 8 nitrogen and oxygen atoms in total. The van der Waals surface area contributed by atoms with E-state index in [1.807, 2.05) is 6.07 Å². The van der Waals surface area contributed by atoms with E-state index in [9.17, 15) is 18.4 Å². The molecule has 3 rings (SSSR count). The number of nitriles is 1. The van der Waals surface area contributed by atoms with E-state index in [2.05, 4.69) is 30.9 Å². The van der Waals surface area contributed by atoms with E-state index in [0.717, 1.165) is 19.4 Å². The predicted molar refractivity (Wildman–Crippen MR) is 95.3 cm³/mol. The van der Waals surface area contributed by atoms with Gasteiger partial charge in [-0.2, -0.15) is 23.4 Å². The zero-order valence-electron chi connectivity index (χ0n) is 15.0. The van der Waals surface area contributed by atoms with Crippen molar-refractivity contribution in [3.63, 3.8) is 0 Å². The van der Waals surface area contributed by atoms with Crippen molar-refractivity contribution >= 4 is 17.5 Å². The molecule has 1 aliphatic rings. The van der Waals surface area contributed by atoms with Gasteiger partial charge in [-0.15, -0.1) is 0 Å². The molecule has 0 aromatic carbocycles. The van der Waals surface area contributed by atoms with Crippen LogP contribution >= 0.6 is 0 Å². The van der Waals surface area contributed by atoms with E-state index in [1.54, 1.807) is 6.07 Å². The number of nitrogens with zero attached hydrogens (tertiary/aromatic N) is 4. The van der Waals surface area contributed by atoms with Gasteiger partial charge in [0.25, 0.3) is 0 Å². The Hall–Kier alpha value is -3.13. The minimum atomic E-state index is -4.57. The van der Waals surface area contributed by atoms with Crippen molar-refractivity contribution in [2.24, 2.45) is 0 Å². The summed E-state index contributed by atoms with van der Waals surface area (Å²) in [5.41, 5.74) is -0.452. The van der Waals surface area contributed by atoms with Crippen LogP contribution in [0.4, 0.5) is 30.6 Å². The first-order chi connectivity index (χ1) is 13.4. The quantitative estimate of drug-likeness (QED) is 0.712. The van der Waals surface area contributed by atoms with Gasteiger partial charge in [0.15, 0.2) is 11.4 Å². The Morgan fingerprint density at radius 3 is 2.79 bits per heavy atom. The van der Waals surface area contributed by atoms with E-state index in [-0.39, 0.29) is 23.6 Å². The lowest BCUT2D eigenvalue weighted by molar-refractivity contribution is -0.137. The van der Waals surface area contributed by atoms with Crippen LogP contribution in [-0.4, -0.2) is 41.2 Å². The topological polar surface area (TPSA) is 108 Å². The molecule has 1 atom stereocenters. The third kappa shape index (κ3) is 4.58. The first-order valence-electron chi connectivity index (χ1n) is 8.57. The van der Waals surface area contributed by atoms with Gasteiger partial charge in [-0.1, -0.05) is 0 Å². The molecule has 2 aromatic heterocycles. The minimum absolute atomic E-state index is 0.0471. The van der Waals surface area contributed by atoms with Crippen LogP contribution < -0.4 is 20.7 Å². The molecule has 0 unspecified atom stereocenters. The molecule has 0 spiro atoms. The molecule has 3 N–H and O–H groups in total. The average Bonchev–Trinajstić information content (AvgIpc) is 2.68. The first kappa shape index (κ1) is 19.6. The number of piperidine rings is 1. The number of nitrogens with one attached hydrogen (secondary N) is 3. The van der Waals surface area contributed by atoms with Gasteiger partial charge in [0.1, 0.15) is 23.6 Å². The van der Waals surface area contributed by atoms with Gasteiger partial charge in [-0.3, -0.25) is 0 Å². The molecule has 11 heteroatoms. The predicted octanol–water partition coefficient (Wildman–Crippen LogP) is 2.68. The number of anilines is 3. The van der Waals surface area contributed by atoms with Crippen LogP contribution in [0.25, 0.3) is 0 Å². The fourth-order valence-corrected chi connectivity index (χ4v) is 2.76. The maximum Gasteiger partial charge on any atom is 0.421 e. The summed E-state index contributed by atoms with van der Waals surface area (Å²) in [5, 5.41) is 17.6. The number of rotatable bonds is 5. The summed E-state index contributed by atoms with van der Waals surface area (Å²) >= 11 is 0. The van der Waals surface area contributed by atoms with Gasteiger partial charge in [0.05, 0.1) is 11.9 Å². The molecule has 1 saturated heterocycles. The molecule has 0 bridgehead atoms. The zero-order valence-corrected chi connectivity index (χ0v) is 15.0. The van der Waals surface area contributed by atoms with Crippen molar-refractivity contribution in [1.29, 1.82) is 5.26 Å². The summed E-state index contributed by atoms with van der Waals surface area (Å²) in [6, 6.07) is 3.52. The highest BCUT2D eigenvalue weighted by atomic mass is 19.4. The molecule has 28 heavy (non-hydrogen) atoms. The fourth-order valence-electron chi connectivity index (χ4n) is 2.76. The van der Waals surface area contributed by atoms with Gasteiger partial charge < -0.3 is 20.7 Å². The molecule has 1 fully saturated rings. The second-order valence-corrected chi connectivity index (χ2v) is 6.10. The van der Waals surface area contributed by atoms with E-state index >= 15 is 0 Å². The van der Waals surface area contributed by atoms with Crippen molar-refractivity contribution in [3.8, 4) is 11.8 Å². The third-order valence-corrected chi connectivity index (χ3v) is 4.09. The molecule has 148 valence electrons. The van der Waals surface area contributed by atoms with Crippen LogP contribution in [-0.2, 0) is 6.18 Å². The molecule has 3 heterocycles. The number of ether oxygens (including phenoxy) is 1. The normalized spacial score (nSPS) is 16.9. The van der Waals surface area contributed by atoms with Crippen molar-refractivity contribution in [2.45, 2.75) is 25.1 Å². The Labute approximate surface area is 159 Å².